The van der Waals surface area contributed by atoms with Crippen LogP contribution in [0.25, 0.3) is 0 Å². The van der Waals surface area contributed by atoms with Crippen molar-refractivity contribution in [1.29, 1.82) is 0 Å². The summed E-state index contributed by atoms with van der Waals surface area (Å²) in [6.45, 7) is 3.00. The summed E-state index contributed by atoms with van der Waals surface area (Å²) in [5.41, 5.74) is 0.625. The molecule has 0 radical (unpaired) electrons. The van der Waals surface area contributed by atoms with Gasteiger partial charge in [-0.25, -0.2) is 4.39 Å². The Labute approximate surface area is 197 Å². The maximum atomic E-state index is 13.1. The van der Waals surface area contributed by atoms with Gasteiger partial charge in [-0.05, 0) is 120 Å². The van der Waals surface area contributed by atoms with E-state index in [0.717, 1.165) is 70.5 Å². The van der Waals surface area contributed by atoms with Crippen LogP contribution in [0.2, 0.25) is 0 Å². The Morgan fingerprint density at radius 3 is 2.24 bits per heavy atom. The van der Waals surface area contributed by atoms with Crippen LogP contribution in [0, 0.1) is 23.6 Å². The molecule has 0 bridgehead atoms. The predicted molar refractivity (Wildman–Crippen MR) is 126 cm³/mol. The van der Waals surface area contributed by atoms with Crippen molar-refractivity contribution < 1.29 is 19.1 Å². The van der Waals surface area contributed by atoms with Crippen molar-refractivity contribution in [3.05, 3.63) is 35.6 Å². The van der Waals surface area contributed by atoms with Gasteiger partial charge >= 0.3 is 0 Å². The second kappa shape index (κ2) is 11.6. The Hall–Kier alpha value is -1.79. The summed E-state index contributed by atoms with van der Waals surface area (Å²) >= 11 is 0. The lowest BCUT2D eigenvalue weighted by Crippen LogP contribution is -2.39. The Morgan fingerprint density at radius 2 is 1.61 bits per heavy atom. The maximum Gasteiger partial charge on any atom is 0.220 e. The van der Waals surface area contributed by atoms with Gasteiger partial charge < -0.3 is 15.3 Å². The molecule has 0 unspecified atom stereocenters. The van der Waals surface area contributed by atoms with Crippen molar-refractivity contribution in [2.75, 3.05) is 19.6 Å². The number of carbonyl (C=O) groups is 2. The second-order valence-electron chi connectivity index (χ2n) is 10.6. The Morgan fingerprint density at radius 1 is 0.939 bits per heavy atom. The molecule has 1 aromatic carbocycles. The molecule has 2 atom stereocenters. The number of piperidine rings is 1. The van der Waals surface area contributed by atoms with Gasteiger partial charge in [0.05, 0.1) is 6.10 Å². The average Bonchev–Trinajstić information content (AvgIpc) is 3.23. The molecule has 0 aromatic heterocycles. The van der Waals surface area contributed by atoms with Crippen LogP contribution in [-0.4, -0.2) is 53.5 Å². The van der Waals surface area contributed by atoms with Gasteiger partial charge in [-0.1, -0.05) is 0 Å². The molecule has 6 heteroatoms. The first-order valence-electron chi connectivity index (χ1n) is 13.0. The standard InChI is InChI=1S/C27H39FN2O3/c28-23-6-4-21(5-7-23)27(33)22-12-15-30(16-13-22)14-11-19-1-8-24(9-2-19)29-26(32)18-20-3-10-25(31)17-20/h4-7,19-20,22,24-25,31H,1-3,8-18H2,(H,29,32)/t19?,20-,24?,25-/m0/s1. The number of nitrogens with one attached hydrogen (secondary N) is 1. The van der Waals surface area contributed by atoms with E-state index in [0.29, 0.717) is 23.9 Å². The van der Waals surface area contributed by atoms with Gasteiger partial charge in [-0.15, -0.1) is 0 Å². The fourth-order valence-electron chi connectivity index (χ4n) is 6.01. The van der Waals surface area contributed by atoms with Crippen molar-refractivity contribution in [1.82, 2.24) is 10.2 Å². The van der Waals surface area contributed by atoms with Crippen molar-refractivity contribution in [3.8, 4) is 0 Å². The third-order valence-electron chi connectivity index (χ3n) is 8.14. The lowest BCUT2D eigenvalue weighted by molar-refractivity contribution is -0.123. The molecule has 2 N–H and O–H groups in total. The number of aliphatic hydroxyl groups excluding tert-OH is 1. The molecule has 1 heterocycles. The summed E-state index contributed by atoms with van der Waals surface area (Å²) in [6, 6.07) is 6.24. The Bertz CT molecular complexity index is 783. The minimum absolute atomic E-state index is 0.0539. The van der Waals surface area contributed by atoms with E-state index in [1.54, 1.807) is 12.1 Å². The molecule has 3 aliphatic rings. The highest BCUT2D eigenvalue weighted by Crippen LogP contribution is 2.30. The molecule has 33 heavy (non-hydrogen) atoms. The van der Waals surface area contributed by atoms with Gasteiger partial charge in [0.2, 0.25) is 5.91 Å². The predicted octanol–water partition coefficient (Wildman–Crippen LogP) is 4.34. The van der Waals surface area contributed by atoms with Gasteiger partial charge in [-0.2, -0.15) is 0 Å². The first-order valence-corrected chi connectivity index (χ1v) is 13.0. The van der Waals surface area contributed by atoms with Crippen LogP contribution in [0.4, 0.5) is 4.39 Å². The van der Waals surface area contributed by atoms with E-state index in [-0.39, 0.29) is 29.5 Å². The molecule has 2 saturated carbocycles. The first-order chi connectivity index (χ1) is 16.0. The fraction of sp³-hybridized carbons (Fsp3) is 0.704. The molecular formula is C27H39FN2O3. The van der Waals surface area contributed by atoms with Gasteiger partial charge in [-0.3, -0.25) is 9.59 Å². The molecule has 2 aliphatic carbocycles. The van der Waals surface area contributed by atoms with Crippen molar-refractivity contribution in [2.45, 2.75) is 82.8 Å². The minimum Gasteiger partial charge on any atom is -0.393 e. The third-order valence-corrected chi connectivity index (χ3v) is 8.14. The fourth-order valence-corrected chi connectivity index (χ4v) is 6.01. The number of Topliss-reactive ketones (excluding diaryl/α,β-unsaturated/α-hetero) is 1. The van der Waals surface area contributed by atoms with E-state index < -0.39 is 0 Å². The molecule has 182 valence electrons. The van der Waals surface area contributed by atoms with Crippen LogP contribution in [0.3, 0.4) is 0 Å². The maximum absolute atomic E-state index is 13.1. The number of likely N-dealkylation sites (tertiary alicyclic amines) is 1. The van der Waals surface area contributed by atoms with E-state index in [1.807, 2.05) is 0 Å². The highest BCUT2D eigenvalue weighted by molar-refractivity contribution is 5.97. The summed E-state index contributed by atoms with van der Waals surface area (Å²) in [7, 11) is 0. The second-order valence-corrected chi connectivity index (χ2v) is 10.6. The summed E-state index contributed by atoms with van der Waals surface area (Å²) in [6.07, 6.45) is 10.4. The third kappa shape index (κ3) is 7.10. The summed E-state index contributed by atoms with van der Waals surface area (Å²) in [5, 5.41) is 12.9. The monoisotopic (exact) mass is 458 g/mol. The number of benzene rings is 1. The van der Waals surface area contributed by atoms with Crippen molar-refractivity contribution in [2.24, 2.45) is 17.8 Å². The van der Waals surface area contributed by atoms with Crippen LogP contribution < -0.4 is 5.32 Å². The minimum atomic E-state index is -0.303. The highest BCUT2D eigenvalue weighted by Gasteiger charge is 2.29. The zero-order chi connectivity index (χ0) is 23.2. The number of carbonyl (C=O) groups excluding carboxylic acids is 2. The van der Waals surface area contributed by atoms with Gasteiger partial charge in [0, 0.05) is 23.9 Å². The van der Waals surface area contributed by atoms with E-state index in [2.05, 4.69) is 10.2 Å². The number of hydrogen-bond donors (Lipinski definition) is 2. The van der Waals surface area contributed by atoms with Crippen LogP contribution in [0.1, 0.15) is 81.0 Å². The van der Waals surface area contributed by atoms with Gasteiger partial charge in [0.15, 0.2) is 5.78 Å². The quantitative estimate of drug-likeness (QED) is 0.569. The van der Waals surface area contributed by atoms with Crippen LogP contribution in [-0.2, 0) is 4.79 Å². The number of halogens is 1. The van der Waals surface area contributed by atoms with Gasteiger partial charge in [0.1, 0.15) is 5.82 Å². The van der Waals surface area contributed by atoms with E-state index in [1.165, 1.54) is 31.4 Å². The van der Waals surface area contributed by atoms with E-state index in [4.69, 9.17) is 0 Å². The van der Waals surface area contributed by atoms with E-state index >= 15 is 0 Å². The first kappa shape index (κ1) is 24.3. The number of aliphatic hydroxyl groups is 1. The molecule has 1 amide bonds. The number of amides is 1. The van der Waals surface area contributed by atoms with E-state index in [9.17, 15) is 19.1 Å². The average molecular weight is 459 g/mol. The molecule has 4 rings (SSSR count). The SMILES string of the molecule is O=C(C[C@H]1CC[C@H](O)C1)NC1CCC(CCN2CCC(C(=O)c3ccc(F)cc3)CC2)CC1. The molecule has 1 saturated heterocycles. The zero-order valence-corrected chi connectivity index (χ0v) is 19.7. The lowest BCUT2D eigenvalue weighted by Gasteiger charge is -2.34. The number of ketones is 1. The van der Waals surface area contributed by atoms with Crippen LogP contribution in [0.15, 0.2) is 24.3 Å². The normalized spacial score (nSPS) is 29.2. The smallest absolute Gasteiger partial charge is 0.220 e. The van der Waals surface area contributed by atoms with Crippen LogP contribution >= 0.6 is 0 Å². The molecule has 0 spiro atoms. The number of rotatable bonds is 8. The lowest BCUT2D eigenvalue weighted by atomic mass is 9.83. The molecular weight excluding hydrogens is 419 g/mol. The van der Waals surface area contributed by atoms with Crippen molar-refractivity contribution in [3.63, 3.8) is 0 Å². The molecule has 1 aliphatic heterocycles. The topological polar surface area (TPSA) is 69.6 Å². The molecule has 5 nitrogen and oxygen atoms in total. The van der Waals surface area contributed by atoms with Gasteiger partial charge in [0.25, 0.3) is 0 Å². The highest BCUT2D eigenvalue weighted by atomic mass is 19.1. The van der Waals surface area contributed by atoms with Crippen LogP contribution in [0.5, 0.6) is 0 Å². The zero-order valence-electron chi connectivity index (χ0n) is 19.7. The number of nitrogens with zero attached hydrogens (tertiary/aromatic N) is 1. The summed E-state index contributed by atoms with van der Waals surface area (Å²) < 4.78 is 13.1. The van der Waals surface area contributed by atoms with Crippen molar-refractivity contribution >= 4 is 11.7 Å². The molecule has 1 aromatic rings. The Kier molecular flexibility index (Phi) is 8.53. The largest absolute Gasteiger partial charge is 0.393 e. The Balaban J connectivity index is 1.09. The number of hydrogen-bond acceptors (Lipinski definition) is 4. The summed E-state index contributed by atoms with van der Waals surface area (Å²) in [5.74, 6) is 1.14. The summed E-state index contributed by atoms with van der Waals surface area (Å²) in [4.78, 5) is 27.5. The molecule has 3 fully saturated rings.